The van der Waals surface area contributed by atoms with E-state index >= 15 is 0 Å². The van der Waals surface area contributed by atoms with Gasteiger partial charge >= 0.3 is 0 Å². The standard InChI is InChI=1S/C27H31ClN2O3/c1-32-24-15-8-16-25(33-2)26(24)27(31)30(21-11-4-3-5-12-21)19-22-13-9-17-29(22)18-20-10-6-7-14-23(20)28/h6-10,13-17,21H,3-5,11-12,18-19H2,1-2H3. The number of carbonyl (C=O) groups excluding carboxylic acids is 1. The molecular weight excluding hydrogens is 436 g/mol. The normalized spacial score (nSPS) is 14.2. The summed E-state index contributed by atoms with van der Waals surface area (Å²) < 4.78 is 13.3. The van der Waals surface area contributed by atoms with E-state index in [1.54, 1.807) is 14.2 Å². The second-order valence-corrected chi connectivity index (χ2v) is 8.89. The Labute approximate surface area is 200 Å². The lowest BCUT2D eigenvalue weighted by molar-refractivity contribution is 0.0602. The molecule has 6 heteroatoms. The third kappa shape index (κ3) is 5.19. The summed E-state index contributed by atoms with van der Waals surface area (Å²) in [5.74, 6) is 1.01. The SMILES string of the molecule is COc1cccc(OC)c1C(=O)N(Cc1cccn1Cc1ccccc1Cl)C1CCCCC1. The van der Waals surface area contributed by atoms with Crippen molar-refractivity contribution in [2.24, 2.45) is 0 Å². The highest BCUT2D eigenvalue weighted by molar-refractivity contribution is 6.31. The van der Waals surface area contributed by atoms with E-state index in [2.05, 4.69) is 10.6 Å². The zero-order chi connectivity index (χ0) is 23.2. The fraction of sp³-hybridized carbons (Fsp3) is 0.370. The van der Waals surface area contributed by atoms with Gasteiger partial charge in [-0.15, -0.1) is 0 Å². The van der Waals surface area contributed by atoms with Gasteiger partial charge in [0, 0.05) is 29.5 Å². The van der Waals surface area contributed by atoms with Crippen molar-refractivity contribution in [1.29, 1.82) is 0 Å². The minimum absolute atomic E-state index is 0.0540. The summed E-state index contributed by atoms with van der Waals surface area (Å²) in [6.07, 6.45) is 7.56. The minimum atomic E-state index is -0.0540. The molecule has 0 radical (unpaired) electrons. The number of nitrogens with zero attached hydrogens (tertiary/aromatic N) is 2. The average Bonchev–Trinajstić information content (AvgIpc) is 3.30. The molecule has 1 aromatic heterocycles. The molecule has 0 N–H and O–H groups in total. The van der Waals surface area contributed by atoms with Gasteiger partial charge in [-0.25, -0.2) is 0 Å². The third-order valence-corrected chi connectivity index (χ3v) is 6.84. The largest absolute Gasteiger partial charge is 0.496 e. The molecule has 0 saturated heterocycles. The molecule has 1 saturated carbocycles. The van der Waals surface area contributed by atoms with Crippen LogP contribution in [0.25, 0.3) is 0 Å². The van der Waals surface area contributed by atoms with E-state index in [0.717, 1.165) is 42.0 Å². The van der Waals surface area contributed by atoms with E-state index in [9.17, 15) is 4.79 Å². The Balaban J connectivity index is 1.67. The molecule has 0 unspecified atom stereocenters. The van der Waals surface area contributed by atoms with Crippen molar-refractivity contribution in [3.63, 3.8) is 0 Å². The Morgan fingerprint density at radius 1 is 0.970 bits per heavy atom. The smallest absolute Gasteiger partial charge is 0.262 e. The summed E-state index contributed by atoms with van der Waals surface area (Å²) in [5.41, 5.74) is 2.61. The van der Waals surface area contributed by atoms with Crippen LogP contribution in [0.4, 0.5) is 0 Å². The number of carbonyl (C=O) groups is 1. The number of methoxy groups -OCH3 is 2. The second kappa shape index (κ2) is 10.8. The van der Waals surface area contributed by atoms with Gasteiger partial charge in [0.05, 0.1) is 20.8 Å². The molecule has 2 aromatic carbocycles. The first-order valence-corrected chi connectivity index (χ1v) is 11.9. The summed E-state index contributed by atoms with van der Waals surface area (Å²) in [6, 6.07) is 17.6. The number of rotatable bonds is 8. The molecule has 5 nitrogen and oxygen atoms in total. The summed E-state index contributed by atoms with van der Waals surface area (Å²) in [6.45, 7) is 1.18. The average molecular weight is 467 g/mol. The molecule has 3 aromatic rings. The maximum absolute atomic E-state index is 14.0. The Kier molecular flexibility index (Phi) is 7.61. The van der Waals surface area contributed by atoms with Gasteiger partial charge in [0.2, 0.25) is 0 Å². The zero-order valence-electron chi connectivity index (χ0n) is 19.3. The van der Waals surface area contributed by atoms with Crippen molar-refractivity contribution in [2.45, 2.75) is 51.2 Å². The van der Waals surface area contributed by atoms with Crippen LogP contribution in [0.15, 0.2) is 60.8 Å². The van der Waals surface area contributed by atoms with Crippen molar-refractivity contribution >= 4 is 17.5 Å². The number of hydrogen-bond acceptors (Lipinski definition) is 3. The van der Waals surface area contributed by atoms with Crippen LogP contribution in [0.1, 0.15) is 53.7 Å². The second-order valence-electron chi connectivity index (χ2n) is 8.48. The first-order valence-electron chi connectivity index (χ1n) is 11.5. The van der Waals surface area contributed by atoms with E-state index in [1.807, 2.05) is 59.6 Å². The molecule has 0 atom stereocenters. The maximum Gasteiger partial charge on any atom is 0.262 e. The van der Waals surface area contributed by atoms with Crippen LogP contribution in [0.2, 0.25) is 5.02 Å². The van der Waals surface area contributed by atoms with Crippen LogP contribution < -0.4 is 9.47 Å². The summed E-state index contributed by atoms with van der Waals surface area (Å²) in [5, 5.41) is 0.746. The Morgan fingerprint density at radius 2 is 1.67 bits per heavy atom. The lowest BCUT2D eigenvalue weighted by Crippen LogP contribution is -2.41. The molecule has 0 aliphatic heterocycles. The van der Waals surface area contributed by atoms with Crippen molar-refractivity contribution in [3.05, 3.63) is 82.6 Å². The van der Waals surface area contributed by atoms with Crippen molar-refractivity contribution in [3.8, 4) is 11.5 Å². The van der Waals surface area contributed by atoms with Gasteiger partial charge in [0.1, 0.15) is 17.1 Å². The molecule has 174 valence electrons. The van der Waals surface area contributed by atoms with Gasteiger partial charge in [-0.1, -0.05) is 55.1 Å². The highest BCUT2D eigenvalue weighted by Crippen LogP contribution is 2.33. The van der Waals surface area contributed by atoms with Gasteiger partial charge in [-0.05, 0) is 48.7 Å². The van der Waals surface area contributed by atoms with E-state index in [4.69, 9.17) is 21.1 Å². The highest BCUT2D eigenvalue weighted by atomic mass is 35.5. The Bertz CT molecular complexity index is 1070. The van der Waals surface area contributed by atoms with Crippen LogP contribution in [0.3, 0.4) is 0 Å². The molecular formula is C27H31ClN2O3. The van der Waals surface area contributed by atoms with E-state index in [1.165, 1.54) is 6.42 Å². The highest BCUT2D eigenvalue weighted by Gasteiger charge is 2.31. The summed E-state index contributed by atoms with van der Waals surface area (Å²) >= 11 is 6.41. The number of halogens is 1. The maximum atomic E-state index is 14.0. The molecule has 1 aliphatic rings. The summed E-state index contributed by atoms with van der Waals surface area (Å²) in [7, 11) is 3.18. The first kappa shape index (κ1) is 23.2. The number of ether oxygens (including phenoxy) is 2. The molecule has 4 rings (SSSR count). The van der Waals surface area contributed by atoms with Crippen molar-refractivity contribution < 1.29 is 14.3 Å². The number of benzene rings is 2. The minimum Gasteiger partial charge on any atom is -0.496 e. The molecule has 1 amide bonds. The quantitative estimate of drug-likeness (QED) is 0.398. The van der Waals surface area contributed by atoms with E-state index in [-0.39, 0.29) is 11.9 Å². The fourth-order valence-electron chi connectivity index (χ4n) is 4.70. The molecule has 1 aliphatic carbocycles. The number of aromatic nitrogens is 1. The van der Waals surface area contributed by atoms with E-state index in [0.29, 0.717) is 30.2 Å². The van der Waals surface area contributed by atoms with Gasteiger partial charge in [-0.3, -0.25) is 4.79 Å². The third-order valence-electron chi connectivity index (χ3n) is 6.47. The van der Waals surface area contributed by atoms with Gasteiger partial charge in [-0.2, -0.15) is 0 Å². The topological polar surface area (TPSA) is 43.7 Å². The van der Waals surface area contributed by atoms with Crippen LogP contribution in [0, 0.1) is 0 Å². The van der Waals surface area contributed by atoms with E-state index < -0.39 is 0 Å². The monoisotopic (exact) mass is 466 g/mol. The van der Waals surface area contributed by atoms with Crippen LogP contribution in [-0.4, -0.2) is 35.6 Å². The van der Waals surface area contributed by atoms with Crippen molar-refractivity contribution in [2.75, 3.05) is 14.2 Å². The number of hydrogen-bond donors (Lipinski definition) is 0. The lowest BCUT2D eigenvalue weighted by atomic mass is 9.93. The van der Waals surface area contributed by atoms with Crippen molar-refractivity contribution in [1.82, 2.24) is 9.47 Å². The Hall–Kier alpha value is -2.92. The van der Waals surface area contributed by atoms with Crippen LogP contribution >= 0.6 is 11.6 Å². The van der Waals surface area contributed by atoms with Gasteiger partial charge < -0.3 is 18.9 Å². The lowest BCUT2D eigenvalue weighted by Gasteiger charge is -2.35. The molecule has 1 heterocycles. The molecule has 0 spiro atoms. The molecule has 1 fully saturated rings. The molecule has 0 bridgehead atoms. The fourth-order valence-corrected chi connectivity index (χ4v) is 4.89. The predicted octanol–water partition coefficient (Wildman–Crippen LogP) is 6.18. The van der Waals surface area contributed by atoms with Crippen LogP contribution in [0.5, 0.6) is 11.5 Å². The number of amides is 1. The van der Waals surface area contributed by atoms with Gasteiger partial charge in [0.25, 0.3) is 5.91 Å². The van der Waals surface area contributed by atoms with Crippen LogP contribution in [-0.2, 0) is 13.1 Å². The van der Waals surface area contributed by atoms with Gasteiger partial charge in [0.15, 0.2) is 0 Å². The first-order chi connectivity index (χ1) is 16.1. The Morgan fingerprint density at radius 3 is 2.33 bits per heavy atom. The molecule has 33 heavy (non-hydrogen) atoms. The zero-order valence-corrected chi connectivity index (χ0v) is 20.1. The predicted molar refractivity (Wildman–Crippen MR) is 131 cm³/mol. The summed E-state index contributed by atoms with van der Waals surface area (Å²) in [4.78, 5) is 16.0.